The van der Waals surface area contributed by atoms with Crippen molar-refractivity contribution in [2.45, 2.75) is 51.4 Å². The third-order valence-electron chi connectivity index (χ3n) is 6.49. The number of fused-ring (bicyclic) bond motifs is 1. The number of carbonyl (C=O) groups excluding carboxylic acids is 2. The van der Waals surface area contributed by atoms with Crippen LogP contribution in [-0.2, 0) is 16.0 Å². The lowest BCUT2D eigenvalue weighted by atomic mass is 9.80. The van der Waals surface area contributed by atoms with Crippen LogP contribution < -0.4 is 10.1 Å². The lowest BCUT2D eigenvalue weighted by Crippen LogP contribution is -2.44. The normalized spacial score (nSPS) is 20.6. The van der Waals surface area contributed by atoms with Crippen molar-refractivity contribution in [3.8, 4) is 5.75 Å². The van der Waals surface area contributed by atoms with Crippen LogP contribution in [0.4, 0.5) is 5.82 Å². The third kappa shape index (κ3) is 5.06. The fourth-order valence-corrected chi connectivity index (χ4v) is 4.83. The van der Waals surface area contributed by atoms with Gasteiger partial charge in [-0.15, -0.1) is 0 Å². The molecule has 1 N–H and O–H groups in total. The van der Waals surface area contributed by atoms with Gasteiger partial charge in [-0.1, -0.05) is 12.1 Å². The molecule has 2 atom stereocenters. The Morgan fingerprint density at radius 1 is 1.19 bits per heavy atom. The molecule has 1 aromatic heterocycles. The Kier molecular flexibility index (Phi) is 6.54. The van der Waals surface area contributed by atoms with Gasteiger partial charge >= 0.3 is 0 Å². The van der Waals surface area contributed by atoms with E-state index in [1.807, 2.05) is 30.0 Å². The summed E-state index contributed by atoms with van der Waals surface area (Å²) in [7, 11) is 1.68. The van der Waals surface area contributed by atoms with Gasteiger partial charge in [-0.25, -0.2) is 4.98 Å². The summed E-state index contributed by atoms with van der Waals surface area (Å²) in [5.74, 6) is 1.60. The number of nitrogens with one attached hydrogen (secondary N) is 1. The zero-order valence-corrected chi connectivity index (χ0v) is 18.4. The summed E-state index contributed by atoms with van der Waals surface area (Å²) in [6.45, 7) is 3.11. The number of anilines is 1. The van der Waals surface area contributed by atoms with E-state index in [-0.39, 0.29) is 23.7 Å². The molecule has 1 aromatic carbocycles. The smallest absolute Gasteiger partial charge is 0.230 e. The van der Waals surface area contributed by atoms with Crippen LogP contribution in [0.25, 0.3) is 0 Å². The van der Waals surface area contributed by atoms with Crippen LogP contribution in [0, 0.1) is 12.8 Å². The Bertz CT molecular complexity index is 959. The lowest BCUT2D eigenvalue weighted by molar-refractivity contribution is -0.135. The van der Waals surface area contributed by atoms with Gasteiger partial charge in [0.05, 0.1) is 13.0 Å². The number of likely N-dealkylation sites (tertiary alicyclic amines) is 1. The molecule has 164 valence electrons. The number of hydrogen-bond donors (Lipinski definition) is 1. The van der Waals surface area contributed by atoms with Gasteiger partial charge in [0, 0.05) is 25.2 Å². The Morgan fingerprint density at radius 2 is 2.06 bits per heavy atom. The van der Waals surface area contributed by atoms with E-state index in [2.05, 4.69) is 22.4 Å². The first-order valence-electron chi connectivity index (χ1n) is 11.2. The molecule has 2 aromatic rings. The number of aryl methyl sites for hydroxylation is 2. The first kappa shape index (κ1) is 21.3. The predicted molar refractivity (Wildman–Crippen MR) is 120 cm³/mol. The number of amides is 2. The van der Waals surface area contributed by atoms with E-state index in [9.17, 15) is 9.59 Å². The van der Waals surface area contributed by atoms with Crippen molar-refractivity contribution in [1.82, 2.24) is 9.88 Å². The number of pyridine rings is 1. The van der Waals surface area contributed by atoms with Gasteiger partial charge in [0.25, 0.3) is 0 Å². The molecule has 0 saturated carbocycles. The maximum absolute atomic E-state index is 13.1. The van der Waals surface area contributed by atoms with Crippen LogP contribution in [0.15, 0.2) is 36.4 Å². The van der Waals surface area contributed by atoms with Crippen LogP contribution in [0.3, 0.4) is 0 Å². The second kappa shape index (κ2) is 9.50. The molecule has 1 aliphatic heterocycles. The SMILES string of the molecule is COc1ccc2c(c1)CCCC2CC(=O)N1CCCC(C(=O)Nc2cccc(C)n2)C1. The highest BCUT2D eigenvalue weighted by atomic mass is 16.5. The molecule has 2 heterocycles. The predicted octanol–water partition coefficient (Wildman–Crippen LogP) is 4.09. The minimum Gasteiger partial charge on any atom is -0.497 e. The van der Waals surface area contributed by atoms with Crippen LogP contribution >= 0.6 is 0 Å². The number of nitrogens with zero attached hydrogens (tertiary/aromatic N) is 2. The molecule has 0 bridgehead atoms. The molecule has 0 spiro atoms. The van der Waals surface area contributed by atoms with E-state index >= 15 is 0 Å². The zero-order valence-electron chi connectivity index (χ0n) is 18.4. The minimum absolute atomic E-state index is 0.0503. The van der Waals surface area contributed by atoms with Crippen LogP contribution in [-0.4, -0.2) is 41.9 Å². The molecule has 2 unspecified atom stereocenters. The van der Waals surface area contributed by atoms with Crippen molar-refractivity contribution in [2.75, 3.05) is 25.5 Å². The Balaban J connectivity index is 1.38. The van der Waals surface area contributed by atoms with Gasteiger partial charge in [-0.3, -0.25) is 9.59 Å². The van der Waals surface area contributed by atoms with Gasteiger partial charge in [0.2, 0.25) is 11.8 Å². The Hall–Kier alpha value is -2.89. The highest BCUT2D eigenvalue weighted by Gasteiger charge is 2.31. The van der Waals surface area contributed by atoms with Gasteiger partial charge in [0.1, 0.15) is 11.6 Å². The van der Waals surface area contributed by atoms with Crippen molar-refractivity contribution in [3.63, 3.8) is 0 Å². The van der Waals surface area contributed by atoms with Crippen LogP contribution in [0.1, 0.15) is 54.8 Å². The van der Waals surface area contributed by atoms with E-state index in [0.29, 0.717) is 18.8 Å². The average molecular weight is 422 g/mol. The maximum atomic E-state index is 13.1. The molecular weight excluding hydrogens is 390 g/mol. The second-order valence-electron chi connectivity index (χ2n) is 8.69. The van der Waals surface area contributed by atoms with E-state index < -0.39 is 0 Å². The standard InChI is InChI=1S/C25H31N3O3/c1-17-6-3-10-23(26-17)27-25(30)20-9-5-13-28(16-20)24(29)15-19-8-4-7-18-14-21(31-2)11-12-22(18)19/h3,6,10-12,14,19-20H,4-5,7-9,13,15-16H2,1-2H3,(H,26,27,30). The average Bonchev–Trinajstić information content (AvgIpc) is 2.79. The summed E-state index contributed by atoms with van der Waals surface area (Å²) in [5, 5.41) is 2.92. The number of benzene rings is 1. The topological polar surface area (TPSA) is 71.5 Å². The highest BCUT2D eigenvalue weighted by Crippen LogP contribution is 2.36. The molecule has 1 aliphatic carbocycles. The molecule has 6 nitrogen and oxygen atoms in total. The molecule has 6 heteroatoms. The van der Waals surface area contributed by atoms with E-state index in [4.69, 9.17) is 4.74 Å². The fraction of sp³-hybridized carbons (Fsp3) is 0.480. The molecular formula is C25H31N3O3. The van der Waals surface area contributed by atoms with Gasteiger partial charge in [-0.2, -0.15) is 0 Å². The number of hydrogen-bond acceptors (Lipinski definition) is 4. The first-order chi connectivity index (χ1) is 15.0. The van der Waals surface area contributed by atoms with Crippen molar-refractivity contribution in [3.05, 3.63) is 53.2 Å². The maximum Gasteiger partial charge on any atom is 0.230 e. The number of ether oxygens (including phenoxy) is 1. The number of aromatic nitrogens is 1. The molecule has 0 radical (unpaired) electrons. The largest absolute Gasteiger partial charge is 0.497 e. The van der Waals surface area contributed by atoms with Crippen molar-refractivity contribution in [1.29, 1.82) is 0 Å². The Morgan fingerprint density at radius 3 is 2.87 bits per heavy atom. The number of piperidine rings is 1. The summed E-state index contributed by atoms with van der Waals surface area (Å²) >= 11 is 0. The van der Waals surface area contributed by atoms with Crippen molar-refractivity contribution in [2.24, 2.45) is 5.92 Å². The number of rotatable bonds is 5. The lowest BCUT2D eigenvalue weighted by Gasteiger charge is -2.34. The third-order valence-corrected chi connectivity index (χ3v) is 6.49. The van der Waals surface area contributed by atoms with Crippen molar-refractivity contribution < 1.29 is 14.3 Å². The molecule has 4 rings (SSSR count). The van der Waals surface area contributed by atoms with Crippen molar-refractivity contribution >= 4 is 17.6 Å². The van der Waals surface area contributed by atoms with Gasteiger partial charge in [-0.05, 0) is 80.3 Å². The summed E-state index contributed by atoms with van der Waals surface area (Å²) < 4.78 is 5.36. The summed E-state index contributed by atoms with van der Waals surface area (Å²) in [6, 6.07) is 11.8. The first-order valence-corrected chi connectivity index (χ1v) is 11.2. The summed E-state index contributed by atoms with van der Waals surface area (Å²) in [5.41, 5.74) is 3.44. The molecule has 1 saturated heterocycles. The zero-order chi connectivity index (χ0) is 21.8. The van der Waals surface area contributed by atoms with Gasteiger partial charge in [0.15, 0.2) is 0 Å². The quantitative estimate of drug-likeness (QED) is 0.789. The minimum atomic E-state index is -0.192. The summed E-state index contributed by atoms with van der Waals surface area (Å²) in [6.07, 6.45) is 5.31. The molecule has 2 amide bonds. The van der Waals surface area contributed by atoms with Gasteiger partial charge < -0.3 is 15.0 Å². The molecule has 31 heavy (non-hydrogen) atoms. The Labute approximate surface area is 184 Å². The van der Waals surface area contributed by atoms with E-state index in [0.717, 1.165) is 50.1 Å². The molecule has 2 aliphatic rings. The van der Waals surface area contributed by atoms with Crippen LogP contribution in [0.2, 0.25) is 0 Å². The molecule has 1 fully saturated rings. The fourth-order valence-electron chi connectivity index (χ4n) is 4.83. The van der Waals surface area contributed by atoms with Crippen LogP contribution in [0.5, 0.6) is 5.75 Å². The monoisotopic (exact) mass is 421 g/mol. The van der Waals surface area contributed by atoms with E-state index in [1.54, 1.807) is 13.2 Å². The van der Waals surface area contributed by atoms with E-state index in [1.165, 1.54) is 11.1 Å². The summed E-state index contributed by atoms with van der Waals surface area (Å²) in [4.78, 5) is 32.1. The highest BCUT2D eigenvalue weighted by molar-refractivity contribution is 5.92. The second-order valence-corrected chi connectivity index (χ2v) is 8.69. The number of methoxy groups -OCH3 is 1. The number of carbonyl (C=O) groups is 2.